The molecule has 94 valence electrons. The molecule has 2 aliphatic rings. The van der Waals surface area contributed by atoms with Gasteiger partial charge in [0.05, 0.1) is 0 Å². The van der Waals surface area contributed by atoms with Gasteiger partial charge in [-0.2, -0.15) is 0 Å². The van der Waals surface area contributed by atoms with Crippen molar-refractivity contribution in [2.75, 3.05) is 0 Å². The van der Waals surface area contributed by atoms with Gasteiger partial charge in [-0.05, 0) is 39.8 Å². The Bertz CT molecular complexity index is 500. The lowest BCUT2D eigenvalue weighted by atomic mass is 10.3. The Morgan fingerprint density at radius 1 is 0.611 bits per heavy atom. The second kappa shape index (κ2) is 4.89. The smallest absolute Gasteiger partial charge is 0.0486 e. The summed E-state index contributed by atoms with van der Waals surface area (Å²) in [6.45, 7) is 8.78. The molecule has 1 aromatic carbocycles. The van der Waals surface area contributed by atoms with Crippen molar-refractivity contribution in [3.05, 3.63) is 31.8 Å². The number of hydrogen-bond acceptors (Lipinski definition) is 4. The van der Waals surface area contributed by atoms with Crippen LogP contribution in [0.3, 0.4) is 0 Å². The van der Waals surface area contributed by atoms with Gasteiger partial charge in [0.2, 0.25) is 0 Å². The lowest BCUT2D eigenvalue weighted by Crippen LogP contribution is -1.74. The number of benzene rings is 1. The van der Waals surface area contributed by atoms with Crippen molar-refractivity contribution >= 4 is 47.0 Å². The molecule has 0 nitrogen and oxygen atoms in total. The molecule has 0 saturated carbocycles. The Labute approximate surface area is 125 Å². The van der Waals surface area contributed by atoms with Gasteiger partial charge < -0.3 is 0 Å². The molecule has 4 heteroatoms. The third-order valence-corrected chi connectivity index (χ3v) is 8.50. The molecule has 0 atom stereocenters. The van der Waals surface area contributed by atoms with E-state index in [0.717, 1.165) is 0 Å². The fourth-order valence-electron chi connectivity index (χ4n) is 1.69. The summed E-state index contributed by atoms with van der Waals surface area (Å²) in [5.74, 6) is 0. The van der Waals surface area contributed by atoms with Crippen molar-refractivity contribution in [2.24, 2.45) is 0 Å². The van der Waals surface area contributed by atoms with E-state index < -0.39 is 0 Å². The predicted octanol–water partition coefficient (Wildman–Crippen LogP) is 6.59. The highest BCUT2D eigenvalue weighted by molar-refractivity contribution is 8.25. The molecule has 0 saturated heterocycles. The van der Waals surface area contributed by atoms with E-state index in [9.17, 15) is 0 Å². The average Bonchev–Trinajstić information content (AvgIpc) is 2.87. The van der Waals surface area contributed by atoms with Crippen molar-refractivity contribution in [1.82, 2.24) is 0 Å². The lowest BCUT2D eigenvalue weighted by molar-refractivity contribution is 1.11. The largest absolute Gasteiger partial charge is 0.0816 e. The Hall–Kier alpha value is 0.1000. The van der Waals surface area contributed by atoms with E-state index in [4.69, 9.17) is 0 Å². The molecule has 18 heavy (non-hydrogen) atoms. The monoisotopic (exact) mass is 310 g/mol. The van der Waals surface area contributed by atoms with Crippen molar-refractivity contribution in [3.63, 3.8) is 0 Å². The SMILES string of the molecule is CC(C)=C1Sc2cc3c(cc2S1)SC(=C(C)C)S3. The zero-order chi connectivity index (χ0) is 12.9. The van der Waals surface area contributed by atoms with Gasteiger partial charge in [0.15, 0.2) is 0 Å². The van der Waals surface area contributed by atoms with Gasteiger partial charge in [-0.25, -0.2) is 0 Å². The molecular weight excluding hydrogens is 296 g/mol. The van der Waals surface area contributed by atoms with Gasteiger partial charge >= 0.3 is 0 Å². The minimum atomic E-state index is 1.42. The average molecular weight is 311 g/mol. The number of thioether (sulfide) groups is 4. The molecule has 0 aromatic heterocycles. The Balaban J connectivity index is 1.99. The quantitative estimate of drug-likeness (QED) is 0.530. The summed E-state index contributed by atoms with van der Waals surface area (Å²) >= 11 is 7.70. The van der Waals surface area contributed by atoms with Gasteiger partial charge in [0.25, 0.3) is 0 Å². The summed E-state index contributed by atoms with van der Waals surface area (Å²) < 4.78 is 2.90. The van der Waals surface area contributed by atoms with E-state index in [1.807, 2.05) is 47.0 Å². The van der Waals surface area contributed by atoms with Crippen LogP contribution in [0.25, 0.3) is 0 Å². The third-order valence-electron chi connectivity index (χ3n) is 2.64. The molecule has 0 bridgehead atoms. The van der Waals surface area contributed by atoms with E-state index in [1.54, 1.807) is 0 Å². The standard InChI is InChI=1S/C14H14S4/c1-7(2)13-15-9-5-11-12(6-10(9)16-13)18-14(17-11)8(3)4/h5-6H,1-4H3. The van der Waals surface area contributed by atoms with Crippen molar-refractivity contribution in [1.29, 1.82) is 0 Å². The summed E-state index contributed by atoms with van der Waals surface area (Å²) in [6, 6.07) is 4.73. The van der Waals surface area contributed by atoms with E-state index in [1.165, 1.54) is 39.2 Å². The van der Waals surface area contributed by atoms with Crippen LogP contribution in [0, 0.1) is 0 Å². The van der Waals surface area contributed by atoms with Gasteiger partial charge in [-0.1, -0.05) is 58.2 Å². The van der Waals surface area contributed by atoms with Crippen LogP contribution in [0.1, 0.15) is 27.7 Å². The van der Waals surface area contributed by atoms with Crippen LogP contribution in [-0.4, -0.2) is 0 Å². The molecule has 0 unspecified atom stereocenters. The molecule has 0 radical (unpaired) electrons. The van der Waals surface area contributed by atoms with Crippen LogP contribution in [0.4, 0.5) is 0 Å². The van der Waals surface area contributed by atoms with Gasteiger partial charge in [0.1, 0.15) is 0 Å². The molecule has 2 heterocycles. The van der Waals surface area contributed by atoms with E-state index >= 15 is 0 Å². The first-order valence-corrected chi connectivity index (χ1v) is 9.05. The predicted molar refractivity (Wildman–Crippen MR) is 86.6 cm³/mol. The van der Waals surface area contributed by atoms with Gasteiger partial charge in [0, 0.05) is 28.1 Å². The van der Waals surface area contributed by atoms with Crippen LogP contribution >= 0.6 is 47.0 Å². The minimum Gasteiger partial charge on any atom is -0.0816 e. The summed E-state index contributed by atoms with van der Waals surface area (Å²) in [7, 11) is 0. The lowest BCUT2D eigenvalue weighted by Gasteiger charge is -1.99. The molecule has 0 aliphatic carbocycles. The second-order valence-corrected chi connectivity index (χ2v) is 9.45. The topological polar surface area (TPSA) is 0 Å². The molecule has 1 aromatic rings. The summed E-state index contributed by atoms with van der Waals surface area (Å²) in [4.78, 5) is 5.72. The molecule has 0 spiro atoms. The maximum atomic E-state index is 2.37. The number of rotatable bonds is 0. The highest BCUT2D eigenvalue weighted by Gasteiger charge is 2.25. The molecule has 0 N–H and O–H groups in total. The van der Waals surface area contributed by atoms with Gasteiger partial charge in [-0.15, -0.1) is 0 Å². The molecule has 2 aliphatic heterocycles. The molecule has 0 fully saturated rings. The Morgan fingerprint density at radius 2 is 0.889 bits per heavy atom. The van der Waals surface area contributed by atoms with Crippen molar-refractivity contribution in [2.45, 2.75) is 47.3 Å². The van der Waals surface area contributed by atoms with E-state index in [0.29, 0.717) is 0 Å². The second-order valence-electron chi connectivity index (χ2n) is 4.73. The maximum Gasteiger partial charge on any atom is 0.0486 e. The van der Waals surface area contributed by atoms with Crippen molar-refractivity contribution < 1.29 is 0 Å². The first-order chi connectivity index (χ1) is 8.54. The summed E-state index contributed by atoms with van der Waals surface area (Å²) in [5, 5.41) is 0. The molecular formula is C14H14S4. The fourth-order valence-corrected chi connectivity index (χ4v) is 6.71. The maximum absolute atomic E-state index is 2.37. The van der Waals surface area contributed by atoms with Crippen LogP contribution < -0.4 is 0 Å². The first-order valence-electron chi connectivity index (χ1n) is 5.79. The molecule has 0 amide bonds. The highest BCUT2D eigenvalue weighted by Crippen LogP contribution is 2.59. The first kappa shape index (κ1) is 13.1. The van der Waals surface area contributed by atoms with Crippen LogP contribution in [-0.2, 0) is 0 Å². The Morgan fingerprint density at radius 3 is 1.11 bits per heavy atom. The van der Waals surface area contributed by atoms with E-state index in [2.05, 4.69) is 39.8 Å². The number of fused-ring (bicyclic) bond motifs is 2. The fraction of sp³-hybridized carbons (Fsp3) is 0.286. The van der Waals surface area contributed by atoms with Crippen LogP contribution in [0.2, 0.25) is 0 Å². The number of hydrogen-bond donors (Lipinski definition) is 0. The van der Waals surface area contributed by atoms with Crippen molar-refractivity contribution in [3.8, 4) is 0 Å². The third kappa shape index (κ3) is 2.28. The minimum absolute atomic E-state index is 1.42. The summed E-state index contributed by atoms with van der Waals surface area (Å²) in [5.41, 5.74) is 2.85. The zero-order valence-corrected chi connectivity index (χ0v) is 14.1. The molecule has 3 rings (SSSR count). The van der Waals surface area contributed by atoms with E-state index in [-0.39, 0.29) is 0 Å². The number of allylic oxidation sites excluding steroid dienone is 2. The zero-order valence-electron chi connectivity index (χ0n) is 10.8. The Kier molecular flexibility index (Phi) is 3.56. The normalized spacial score (nSPS) is 16.9. The van der Waals surface area contributed by atoms with Gasteiger partial charge in [-0.3, -0.25) is 0 Å². The highest BCUT2D eigenvalue weighted by atomic mass is 32.2. The van der Waals surface area contributed by atoms with Crippen LogP contribution in [0.5, 0.6) is 0 Å². The van der Waals surface area contributed by atoms with Crippen LogP contribution in [0.15, 0.2) is 51.3 Å². The summed E-state index contributed by atoms with van der Waals surface area (Å²) in [6.07, 6.45) is 0.